The van der Waals surface area contributed by atoms with E-state index in [1.807, 2.05) is 6.07 Å². The average Bonchev–Trinajstić information content (AvgIpc) is 2.63. The smallest absolute Gasteiger partial charge is 0.382 e. The molecule has 0 spiro atoms. The molecule has 3 rings (SSSR count). The van der Waals surface area contributed by atoms with Gasteiger partial charge in [0.1, 0.15) is 11.7 Å². The van der Waals surface area contributed by atoms with Crippen LogP contribution in [-0.2, 0) is 16.8 Å². The molecule has 1 saturated heterocycles. The van der Waals surface area contributed by atoms with E-state index in [4.69, 9.17) is 4.74 Å². The van der Waals surface area contributed by atoms with Crippen LogP contribution in [-0.4, -0.2) is 36.4 Å². The van der Waals surface area contributed by atoms with Gasteiger partial charge in [0.05, 0.1) is 6.61 Å². The lowest BCUT2D eigenvalue weighted by Crippen LogP contribution is -2.52. The molecule has 2 aromatic rings. The zero-order valence-electron chi connectivity index (χ0n) is 14.0. The van der Waals surface area contributed by atoms with Crippen LogP contribution in [0.2, 0.25) is 0 Å². The molecule has 7 heteroatoms. The second-order valence-corrected chi connectivity index (χ2v) is 7.29. The van der Waals surface area contributed by atoms with E-state index < -0.39 is 17.2 Å². The Morgan fingerprint density at radius 2 is 1.77 bits per heavy atom. The fraction of sp³-hybridized carbons (Fsp3) is 0.368. The summed E-state index contributed by atoms with van der Waals surface area (Å²) in [5.74, 6) is 0. The first-order valence-electron chi connectivity index (χ1n) is 8.32. The predicted octanol–water partition coefficient (Wildman–Crippen LogP) is 3.72. The lowest BCUT2D eigenvalue weighted by Gasteiger charge is -2.39. The molecule has 3 nitrogen and oxygen atoms in total. The highest BCUT2D eigenvalue weighted by Gasteiger charge is 2.41. The highest BCUT2D eigenvalue weighted by Crippen LogP contribution is 2.41. The normalized spacial score (nSPS) is 20.5. The summed E-state index contributed by atoms with van der Waals surface area (Å²) in [6, 6.07) is 15.3. The maximum Gasteiger partial charge on any atom is 0.446 e. The Morgan fingerprint density at radius 1 is 1.08 bits per heavy atom. The number of rotatable bonds is 5. The van der Waals surface area contributed by atoms with E-state index in [0.717, 1.165) is 0 Å². The molecule has 1 aliphatic heterocycles. The van der Waals surface area contributed by atoms with Crippen molar-refractivity contribution in [3.05, 3.63) is 65.7 Å². The number of aliphatic hydroxyl groups is 1. The molecule has 1 aliphatic rings. The van der Waals surface area contributed by atoms with Gasteiger partial charge in [-0.1, -0.05) is 48.5 Å². The van der Waals surface area contributed by atoms with Crippen LogP contribution in [0.5, 0.6) is 0 Å². The summed E-state index contributed by atoms with van der Waals surface area (Å²) in [4.78, 5) is 0.0955. The number of alkyl halides is 3. The highest BCUT2D eigenvalue weighted by atomic mass is 32.2. The Balaban J connectivity index is 1.97. The van der Waals surface area contributed by atoms with E-state index in [0.29, 0.717) is 30.8 Å². The molecular weight excluding hydrogens is 363 g/mol. The van der Waals surface area contributed by atoms with Crippen molar-refractivity contribution < 1.29 is 23.0 Å². The van der Waals surface area contributed by atoms with Crippen molar-refractivity contribution in [2.75, 3.05) is 19.7 Å². The van der Waals surface area contributed by atoms with E-state index in [-0.39, 0.29) is 23.1 Å². The van der Waals surface area contributed by atoms with Gasteiger partial charge in [0.15, 0.2) is 0 Å². The molecule has 0 amide bonds. The molecule has 0 aromatic heterocycles. The van der Waals surface area contributed by atoms with Crippen molar-refractivity contribution in [2.45, 2.75) is 28.5 Å². The number of hydrogen-bond acceptors (Lipinski definition) is 4. The van der Waals surface area contributed by atoms with Crippen LogP contribution in [0.25, 0.3) is 0 Å². The first-order valence-corrected chi connectivity index (χ1v) is 9.14. The summed E-state index contributed by atoms with van der Waals surface area (Å²) < 4.78 is 44.5. The fourth-order valence-electron chi connectivity index (χ4n) is 3.17. The van der Waals surface area contributed by atoms with Crippen molar-refractivity contribution in [1.82, 2.24) is 5.32 Å². The van der Waals surface area contributed by atoms with Gasteiger partial charge in [0.2, 0.25) is 0 Å². The zero-order chi connectivity index (χ0) is 18.6. The van der Waals surface area contributed by atoms with E-state index in [9.17, 15) is 18.3 Å². The Kier molecular flexibility index (Phi) is 5.92. The number of ether oxygens (including phenoxy) is 1. The number of thioether (sulfide) groups is 1. The summed E-state index contributed by atoms with van der Waals surface area (Å²) in [5.41, 5.74) is -4.75. The lowest BCUT2D eigenvalue weighted by atomic mass is 9.82. The molecule has 1 fully saturated rings. The molecule has 0 aliphatic carbocycles. The van der Waals surface area contributed by atoms with Gasteiger partial charge in [-0.15, -0.1) is 0 Å². The van der Waals surface area contributed by atoms with Gasteiger partial charge in [-0.05, 0) is 29.0 Å². The molecule has 140 valence electrons. The van der Waals surface area contributed by atoms with Gasteiger partial charge in [0, 0.05) is 24.4 Å². The van der Waals surface area contributed by atoms with E-state index >= 15 is 0 Å². The standard InChI is InChI=1S/C19H20F3NO2S/c20-19(21,22)26-16-9-5-4-6-14(16)12-18(24,15-7-2-1-3-8-15)17-13-23-10-11-25-17/h1-9,17,23-24H,10-13H2/t17-,18-/m1/s1. The lowest BCUT2D eigenvalue weighted by molar-refractivity contribution is -0.124. The van der Waals surface area contributed by atoms with Crippen LogP contribution in [0.3, 0.4) is 0 Å². The second kappa shape index (κ2) is 8.00. The number of nitrogens with one attached hydrogen (secondary N) is 1. The van der Waals surface area contributed by atoms with Gasteiger partial charge in [-0.3, -0.25) is 0 Å². The van der Waals surface area contributed by atoms with Gasteiger partial charge >= 0.3 is 5.51 Å². The maximum atomic E-state index is 12.9. The summed E-state index contributed by atoms with van der Waals surface area (Å²) in [7, 11) is 0. The van der Waals surface area contributed by atoms with Crippen molar-refractivity contribution in [3.63, 3.8) is 0 Å². The van der Waals surface area contributed by atoms with Crippen molar-refractivity contribution in [3.8, 4) is 0 Å². The van der Waals surface area contributed by atoms with Crippen LogP contribution in [0.1, 0.15) is 11.1 Å². The van der Waals surface area contributed by atoms with Gasteiger partial charge in [0.25, 0.3) is 0 Å². The van der Waals surface area contributed by atoms with E-state index in [1.165, 1.54) is 6.07 Å². The quantitative estimate of drug-likeness (QED) is 0.773. The Labute approximate surface area is 154 Å². The summed E-state index contributed by atoms with van der Waals surface area (Å²) in [6.07, 6.45) is -0.523. The van der Waals surface area contributed by atoms with Crippen LogP contribution >= 0.6 is 11.8 Å². The van der Waals surface area contributed by atoms with Crippen molar-refractivity contribution in [2.24, 2.45) is 0 Å². The van der Waals surface area contributed by atoms with Crippen LogP contribution in [0, 0.1) is 0 Å². The Hall–Kier alpha value is -1.54. The minimum absolute atomic E-state index is 0.0304. The van der Waals surface area contributed by atoms with Crippen LogP contribution in [0.15, 0.2) is 59.5 Å². The van der Waals surface area contributed by atoms with E-state index in [1.54, 1.807) is 42.5 Å². The van der Waals surface area contributed by atoms with E-state index in [2.05, 4.69) is 5.32 Å². The third kappa shape index (κ3) is 4.59. The first-order chi connectivity index (χ1) is 12.4. The van der Waals surface area contributed by atoms with Crippen LogP contribution < -0.4 is 5.32 Å². The SMILES string of the molecule is O[C@](Cc1ccccc1SC(F)(F)F)(c1ccccc1)[C@H]1CNCCO1. The Morgan fingerprint density at radius 3 is 2.42 bits per heavy atom. The number of hydrogen-bond donors (Lipinski definition) is 2. The molecule has 26 heavy (non-hydrogen) atoms. The third-order valence-electron chi connectivity index (χ3n) is 4.39. The maximum absolute atomic E-state index is 12.9. The monoisotopic (exact) mass is 383 g/mol. The number of halogens is 3. The molecule has 0 bridgehead atoms. The average molecular weight is 383 g/mol. The van der Waals surface area contributed by atoms with Gasteiger partial charge in [-0.25, -0.2) is 0 Å². The molecule has 2 aromatic carbocycles. The van der Waals surface area contributed by atoms with Crippen LogP contribution in [0.4, 0.5) is 13.2 Å². The Bertz CT molecular complexity index is 720. The molecule has 0 radical (unpaired) electrons. The fourth-order valence-corrected chi connectivity index (χ4v) is 3.83. The largest absolute Gasteiger partial charge is 0.446 e. The predicted molar refractivity (Wildman–Crippen MR) is 95.0 cm³/mol. The summed E-state index contributed by atoms with van der Waals surface area (Å²) in [6.45, 7) is 1.56. The third-order valence-corrected chi connectivity index (χ3v) is 5.24. The van der Waals surface area contributed by atoms with Gasteiger partial charge in [-0.2, -0.15) is 13.2 Å². The molecular formula is C19H20F3NO2S. The minimum atomic E-state index is -4.39. The molecule has 1 heterocycles. The number of morpholine rings is 1. The highest BCUT2D eigenvalue weighted by molar-refractivity contribution is 8.00. The minimum Gasteiger partial charge on any atom is -0.382 e. The molecule has 2 N–H and O–H groups in total. The molecule has 0 saturated carbocycles. The van der Waals surface area contributed by atoms with Crippen molar-refractivity contribution >= 4 is 11.8 Å². The first kappa shape index (κ1) is 19.2. The van der Waals surface area contributed by atoms with Gasteiger partial charge < -0.3 is 15.2 Å². The topological polar surface area (TPSA) is 41.5 Å². The molecule has 0 unspecified atom stereocenters. The van der Waals surface area contributed by atoms with Crippen molar-refractivity contribution in [1.29, 1.82) is 0 Å². The summed E-state index contributed by atoms with van der Waals surface area (Å²) in [5, 5.41) is 14.7. The molecule has 2 atom stereocenters. The summed E-state index contributed by atoms with van der Waals surface area (Å²) >= 11 is -0.158. The zero-order valence-corrected chi connectivity index (χ0v) is 14.8. The second-order valence-electron chi connectivity index (χ2n) is 6.19. The number of benzene rings is 2.